The van der Waals surface area contributed by atoms with Crippen molar-refractivity contribution in [1.29, 1.82) is 0 Å². The van der Waals surface area contributed by atoms with Gasteiger partial charge >= 0.3 is 12.0 Å². The van der Waals surface area contributed by atoms with Crippen molar-refractivity contribution in [2.24, 2.45) is 5.92 Å². The Kier molecular flexibility index (Phi) is 4.55. The number of hydrogen-bond acceptors (Lipinski definition) is 2. The minimum Gasteiger partial charge on any atom is -0.480 e. The molecule has 5 heteroatoms. The van der Waals surface area contributed by atoms with Crippen LogP contribution in [0.4, 0.5) is 4.79 Å². The molecule has 1 heterocycles. The van der Waals surface area contributed by atoms with Crippen LogP contribution in [0.15, 0.2) is 0 Å². The Balaban J connectivity index is 2.05. The standard InChI is InChI=1S/C15H26N2O3/c1-3-15(2,13(18)19)16-14(20)17-10-6-8-11-7-4-5-9-12(11)17/h11-12H,3-10H2,1-2H3,(H,16,20)(H,18,19). The van der Waals surface area contributed by atoms with Gasteiger partial charge in [0.2, 0.25) is 0 Å². The molecular formula is C15H26N2O3. The molecule has 2 amide bonds. The van der Waals surface area contributed by atoms with Crippen molar-refractivity contribution < 1.29 is 14.7 Å². The largest absolute Gasteiger partial charge is 0.480 e. The van der Waals surface area contributed by atoms with Crippen LogP contribution >= 0.6 is 0 Å². The van der Waals surface area contributed by atoms with Crippen LogP contribution in [0.2, 0.25) is 0 Å². The van der Waals surface area contributed by atoms with Crippen LogP contribution in [0, 0.1) is 5.92 Å². The van der Waals surface area contributed by atoms with Gasteiger partial charge in [-0.1, -0.05) is 19.8 Å². The number of piperidine rings is 1. The Labute approximate surface area is 120 Å². The summed E-state index contributed by atoms with van der Waals surface area (Å²) in [7, 11) is 0. The Morgan fingerprint density at radius 3 is 2.55 bits per heavy atom. The van der Waals surface area contributed by atoms with E-state index in [2.05, 4.69) is 5.32 Å². The molecule has 2 rings (SSSR count). The fourth-order valence-corrected chi connectivity index (χ4v) is 3.48. The zero-order valence-corrected chi connectivity index (χ0v) is 12.5. The molecule has 20 heavy (non-hydrogen) atoms. The second-order valence-electron chi connectivity index (χ2n) is 6.37. The monoisotopic (exact) mass is 282 g/mol. The van der Waals surface area contributed by atoms with Gasteiger partial charge in [0.25, 0.3) is 0 Å². The lowest BCUT2D eigenvalue weighted by Crippen LogP contribution is -2.60. The third-order valence-electron chi connectivity index (χ3n) is 5.07. The topological polar surface area (TPSA) is 69.6 Å². The van der Waals surface area contributed by atoms with E-state index in [1.54, 1.807) is 13.8 Å². The maximum absolute atomic E-state index is 12.5. The summed E-state index contributed by atoms with van der Waals surface area (Å²) in [5, 5.41) is 12.0. The molecule has 114 valence electrons. The molecule has 0 aromatic rings. The van der Waals surface area contributed by atoms with Crippen molar-refractivity contribution in [2.75, 3.05) is 6.54 Å². The minimum absolute atomic E-state index is 0.201. The highest BCUT2D eigenvalue weighted by molar-refractivity contribution is 5.86. The first-order valence-corrected chi connectivity index (χ1v) is 7.80. The molecule has 0 aromatic carbocycles. The lowest BCUT2D eigenvalue weighted by Gasteiger charge is -2.44. The summed E-state index contributed by atoms with van der Waals surface area (Å²) >= 11 is 0. The first-order valence-electron chi connectivity index (χ1n) is 7.80. The summed E-state index contributed by atoms with van der Waals surface area (Å²) in [4.78, 5) is 25.7. The molecule has 0 aromatic heterocycles. The van der Waals surface area contributed by atoms with E-state index in [4.69, 9.17) is 0 Å². The average Bonchev–Trinajstić information content (AvgIpc) is 2.46. The Bertz CT molecular complexity index is 383. The zero-order valence-electron chi connectivity index (χ0n) is 12.5. The fraction of sp³-hybridized carbons (Fsp3) is 0.867. The average molecular weight is 282 g/mol. The van der Waals surface area contributed by atoms with Crippen LogP contribution in [0.1, 0.15) is 58.8 Å². The molecule has 3 atom stereocenters. The molecule has 3 unspecified atom stereocenters. The molecular weight excluding hydrogens is 256 g/mol. The van der Waals surface area contributed by atoms with Crippen LogP contribution in [-0.4, -0.2) is 40.1 Å². The van der Waals surface area contributed by atoms with Gasteiger partial charge in [0.15, 0.2) is 0 Å². The van der Waals surface area contributed by atoms with Crippen molar-refractivity contribution in [3.63, 3.8) is 0 Å². The van der Waals surface area contributed by atoms with E-state index < -0.39 is 11.5 Å². The molecule has 0 spiro atoms. The molecule has 1 aliphatic carbocycles. The first kappa shape index (κ1) is 15.1. The smallest absolute Gasteiger partial charge is 0.329 e. The van der Waals surface area contributed by atoms with Gasteiger partial charge in [0.05, 0.1) is 0 Å². The number of likely N-dealkylation sites (tertiary alicyclic amines) is 1. The van der Waals surface area contributed by atoms with Gasteiger partial charge in [0.1, 0.15) is 5.54 Å². The van der Waals surface area contributed by atoms with Crippen molar-refractivity contribution in [2.45, 2.75) is 70.4 Å². The van der Waals surface area contributed by atoms with Gasteiger partial charge in [-0.3, -0.25) is 0 Å². The highest BCUT2D eigenvalue weighted by Gasteiger charge is 2.39. The van der Waals surface area contributed by atoms with Crippen molar-refractivity contribution in [3.05, 3.63) is 0 Å². The van der Waals surface area contributed by atoms with Crippen LogP contribution in [0.5, 0.6) is 0 Å². The summed E-state index contributed by atoms with van der Waals surface area (Å²) in [6.45, 7) is 4.12. The Morgan fingerprint density at radius 2 is 1.90 bits per heavy atom. The number of rotatable bonds is 3. The van der Waals surface area contributed by atoms with E-state index in [1.165, 1.54) is 25.7 Å². The van der Waals surface area contributed by atoms with Gasteiger partial charge in [-0.05, 0) is 44.9 Å². The molecule has 1 aliphatic heterocycles. The van der Waals surface area contributed by atoms with Gasteiger partial charge < -0.3 is 15.3 Å². The summed E-state index contributed by atoms with van der Waals surface area (Å²) in [6.07, 6.45) is 7.33. The number of urea groups is 1. The van der Waals surface area contributed by atoms with E-state index in [9.17, 15) is 14.7 Å². The van der Waals surface area contributed by atoms with Crippen LogP contribution in [0.3, 0.4) is 0 Å². The van der Waals surface area contributed by atoms with E-state index in [1.807, 2.05) is 4.90 Å². The van der Waals surface area contributed by atoms with Gasteiger partial charge in [-0.2, -0.15) is 0 Å². The maximum Gasteiger partial charge on any atom is 0.329 e. The molecule has 1 saturated carbocycles. The summed E-state index contributed by atoms with van der Waals surface area (Å²) in [5.41, 5.74) is -1.17. The first-order chi connectivity index (χ1) is 9.48. The Hall–Kier alpha value is -1.26. The van der Waals surface area contributed by atoms with E-state index in [0.717, 1.165) is 19.4 Å². The molecule has 5 nitrogen and oxygen atoms in total. The third-order valence-corrected chi connectivity index (χ3v) is 5.07. The lowest BCUT2D eigenvalue weighted by atomic mass is 9.78. The molecule has 0 bridgehead atoms. The highest BCUT2D eigenvalue weighted by Crippen LogP contribution is 2.35. The van der Waals surface area contributed by atoms with E-state index in [-0.39, 0.29) is 6.03 Å². The number of nitrogens with one attached hydrogen (secondary N) is 1. The number of nitrogens with zero attached hydrogens (tertiary/aromatic N) is 1. The number of carbonyl (C=O) groups excluding carboxylic acids is 1. The van der Waals surface area contributed by atoms with Gasteiger partial charge in [-0.15, -0.1) is 0 Å². The van der Waals surface area contributed by atoms with E-state index in [0.29, 0.717) is 18.4 Å². The molecule has 2 fully saturated rings. The number of amides is 2. The molecule has 0 radical (unpaired) electrons. The number of carbonyl (C=O) groups is 2. The lowest BCUT2D eigenvalue weighted by molar-refractivity contribution is -0.144. The molecule has 2 aliphatic rings. The maximum atomic E-state index is 12.5. The second-order valence-corrected chi connectivity index (χ2v) is 6.37. The predicted molar refractivity (Wildman–Crippen MR) is 76.5 cm³/mol. The summed E-state index contributed by atoms with van der Waals surface area (Å²) < 4.78 is 0. The number of aliphatic carboxylic acids is 1. The Morgan fingerprint density at radius 1 is 1.25 bits per heavy atom. The third kappa shape index (κ3) is 2.91. The van der Waals surface area contributed by atoms with Gasteiger partial charge in [-0.25, -0.2) is 9.59 Å². The number of fused-ring (bicyclic) bond motifs is 1. The fourth-order valence-electron chi connectivity index (χ4n) is 3.48. The van der Waals surface area contributed by atoms with Crippen molar-refractivity contribution in [3.8, 4) is 0 Å². The van der Waals surface area contributed by atoms with Crippen LogP contribution in [0.25, 0.3) is 0 Å². The number of carboxylic acids is 1. The minimum atomic E-state index is -1.17. The van der Waals surface area contributed by atoms with Crippen LogP contribution in [-0.2, 0) is 4.79 Å². The van der Waals surface area contributed by atoms with E-state index >= 15 is 0 Å². The SMILES string of the molecule is CCC(C)(NC(=O)N1CCCC2CCCCC21)C(=O)O. The predicted octanol–water partition coefficient (Wildman–Crippen LogP) is 2.60. The highest BCUT2D eigenvalue weighted by atomic mass is 16.4. The molecule has 1 saturated heterocycles. The zero-order chi connectivity index (χ0) is 14.8. The normalized spacial score (nSPS) is 29.2. The summed E-state index contributed by atoms with van der Waals surface area (Å²) in [6, 6.07) is 0.112. The number of hydrogen-bond donors (Lipinski definition) is 2. The summed E-state index contributed by atoms with van der Waals surface area (Å²) in [5.74, 6) is -0.355. The quantitative estimate of drug-likeness (QED) is 0.836. The number of carboxylic acid groups (broad SMARTS) is 1. The second kappa shape index (κ2) is 6.02. The molecule has 2 N–H and O–H groups in total. The van der Waals surface area contributed by atoms with Crippen LogP contribution < -0.4 is 5.32 Å². The van der Waals surface area contributed by atoms with Gasteiger partial charge in [0, 0.05) is 12.6 Å². The van der Waals surface area contributed by atoms with Crippen molar-refractivity contribution in [1.82, 2.24) is 10.2 Å². The van der Waals surface area contributed by atoms with Crippen molar-refractivity contribution >= 4 is 12.0 Å².